The second kappa shape index (κ2) is 10.5. The number of ketones is 1. The molecule has 6 nitrogen and oxygen atoms in total. The maximum atomic E-state index is 13.6. The molecule has 1 N–H and O–H groups in total. The Hall–Kier alpha value is -5.23. The highest BCUT2D eigenvalue weighted by molar-refractivity contribution is 6.52. The van der Waals surface area contributed by atoms with Gasteiger partial charge in [0, 0.05) is 23.3 Å². The number of pyridine rings is 1. The van der Waals surface area contributed by atoms with E-state index in [-0.39, 0.29) is 11.3 Å². The summed E-state index contributed by atoms with van der Waals surface area (Å²) in [5.74, 6) is -1.03. The normalized spacial score (nSPS) is 16.4. The summed E-state index contributed by atoms with van der Waals surface area (Å²) in [5.41, 5.74) is 3.49. The zero-order valence-electron chi connectivity index (χ0n) is 21.8. The number of hydrogen-bond acceptors (Lipinski definition) is 5. The smallest absolute Gasteiger partial charge is 0.300 e. The molecule has 1 fully saturated rings. The summed E-state index contributed by atoms with van der Waals surface area (Å²) < 4.78 is 5.99. The van der Waals surface area contributed by atoms with Crippen LogP contribution in [0.1, 0.15) is 28.3 Å². The van der Waals surface area contributed by atoms with E-state index >= 15 is 0 Å². The summed E-state index contributed by atoms with van der Waals surface area (Å²) in [6, 6.07) is 31.1. The fourth-order valence-electron chi connectivity index (χ4n) is 5.20. The average Bonchev–Trinajstić information content (AvgIpc) is 3.26. The van der Waals surface area contributed by atoms with Crippen molar-refractivity contribution in [3.8, 4) is 5.75 Å². The van der Waals surface area contributed by atoms with Gasteiger partial charge in [-0.2, -0.15) is 0 Å². The fourth-order valence-corrected chi connectivity index (χ4v) is 5.20. The first-order valence-corrected chi connectivity index (χ1v) is 13.0. The Morgan fingerprint density at radius 1 is 0.900 bits per heavy atom. The number of aliphatic hydroxyl groups is 1. The molecule has 1 aromatic heterocycles. The van der Waals surface area contributed by atoms with Gasteiger partial charge in [-0.25, -0.2) is 0 Å². The lowest BCUT2D eigenvalue weighted by Crippen LogP contribution is -2.29. The quantitative estimate of drug-likeness (QED) is 0.150. The minimum Gasteiger partial charge on any atom is -0.507 e. The Morgan fingerprint density at radius 3 is 2.45 bits per heavy atom. The van der Waals surface area contributed by atoms with Crippen molar-refractivity contribution >= 4 is 33.9 Å². The maximum absolute atomic E-state index is 13.6. The third-order valence-electron chi connectivity index (χ3n) is 7.16. The molecule has 1 atom stereocenters. The molecule has 196 valence electrons. The van der Waals surface area contributed by atoms with Crippen LogP contribution in [0.5, 0.6) is 5.75 Å². The van der Waals surface area contributed by atoms with E-state index in [1.54, 1.807) is 42.7 Å². The molecular weight excluding hydrogens is 500 g/mol. The van der Waals surface area contributed by atoms with E-state index in [4.69, 9.17) is 4.74 Å². The monoisotopic (exact) mass is 526 g/mol. The highest BCUT2D eigenvalue weighted by Crippen LogP contribution is 2.44. The van der Waals surface area contributed by atoms with Crippen molar-refractivity contribution in [3.63, 3.8) is 0 Å². The Labute approximate surface area is 231 Å². The molecule has 4 aromatic carbocycles. The van der Waals surface area contributed by atoms with Gasteiger partial charge in [0.1, 0.15) is 18.1 Å². The van der Waals surface area contributed by atoms with Gasteiger partial charge in [-0.1, -0.05) is 72.8 Å². The zero-order valence-corrected chi connectivity index (χ0v) is 21.8. The largest absolute Gasteiger partial charge is 0.507 e. The lowest BCUT2D eigenvalue weighted by Gasteiger charge is -2.26. The van der Waals surface area contributed by atoms with Crippen molar-refractivity contribution in [2.45, 2.75) is 19.6 Å². The fraction of sp³-hybridized carbons (Fsp3) is 0.0882. The first-order chi connectivity index (χ1) is 19.5. The van der Waals surface area contributed by atoms with E-state index in [2.05, 4.69) is 4.98 Å². The number of aromatic nitrogens is 1. The number of rotatable bonds is 6. The van der Waals surface area contributed by atoms with E-state index in [0.29, 0.717) is 29.2 Å². The molecule has 0 radical (unpaired) electrons. The molecule has 1 aliphatic rings. The molecule has 1 aliphatic heterocycles. The Kier molecular flexibility index (Phi) is 6.58. The Bertz CT molecular complexity index is 1760. The first kappa shape index (κ1) is 25.1. The van der Waals surface area contributed by atoms with Crippen molar-refractivity contribution in [3.05, 3.63) is 143 Å². The lowest BCUT2D eigenvalue weighted by molar-refractivity contribution is -0.132. The predicted molar refractivity (Wildman–Crippen MR) is 155 cm³/mol. The van der Waals surface area contributed by atoms with Crippen LogP contribution in [0.15, 0.2) is 121 Å². The number of ether oxygens (including phenoxy) is 1. The molecule has 0 aliphatic carbocycles. The van der Waals surface area contributed by atoms with Crippen molar-refractivity contribution in [1.82, 2.24) is 4.98 Å². The first-order valence-electron chi connectivity index (χ1n) is 13.0. The number of nitrogens with zero attached hydrogens (tertiary/aromatic N) is 2. The molecule has 1 amide bonds. The number of fused-ring (bicyclic) bond motifs is 1. The molecule has 2 heterocycles. The average molecular weight is 527 g/mol. The summed E-state index contributed by atoms with van der Waals surface area (Å²) in [7, 11) is 0. The van der Waals surface area contributed by atoms with Gasteiger partial charge in [0.05, 0.1) is 17.3 Å². The number of anilines is 1. The van der Waals surface area contributed by atoms with Gasteiger partial charge in [0.2, 0.25) is 0 Å². The SMILES string of the molecule is Cc1cc(/C(O)=C2\C(=O)C(=O)N(c3cccc4ccccc34)C2c2cccnc2)ccc1OCc1ccccc1. The Balaban J connectivity index is 1.44. The van der Waals surface area contributed by atoms with E-state index in [1.807, 2.05) is 79.7 Å². The van der Waals surface area contributed by atoms with Crippen molar-refractivity contribution < 1.29 is 19.4 Å². The topological polar surface area (TPSA) is 79.7 Å². The predicted octanol–water partition coefficient (Wildman–Crippen LogP) is 6.75. The van der Waals surface area contributed by atoms with Crippen LogP contribution in [0.4, 0.5) is 5.69 Å². The molecule has 5 aromatic rings. The van der Waals surface area contributed by atoms with E-state index < -0.39 is 17.7 Å². The summed E-state index contributed by atoms with van der Waals surface area (Å²) in [6.45, 7) is 2.29. The second-order valence-electron chi connectivity index (χ2n) is 9.71. The van der Waals surface area contributed by atoms with Crippen LogP contribution in [0, 0.1) is 6.92 Å². The van der Waals surface area contributed by atoms with Gasteiger partial charge < -0.3 is 9.84 Å². The second-order valence-corrected chi connectivity index (χ2v) is 9.71. The molecule has 6 rings (SSSR count). The number of amides is 1. The summed E-state index contributed by atoms with van der Waals surface area (Å²) in [5, 5.41) is 13.3. The standard InChI is InChI=1S/C34H26N2O4/c1-22-19-25(16-17-29(22)40-21-23-9-3-2-4-10-23)32(37)30-31(26-13-8-18-35-20-26)36(34(39)33(30)38)28-15-7-12-24-11-5-6-14-27(24)28/h2-20,31,37H,21H2,1H3/b32-30+. The maximum Gasteiger partial charge on any atom is 0.300 e. The van der Waals surface area contributed by atoms with Crippen LogP contribution in [0.25, 0.3) is 16.5 Å². The van der Waals surface area contributed by atoms with Crippen LogP contribution < -0.4 is 9.64 Å². The molecule has 1 unspecified atom stereocenters. The highest BCUT2D eigenvalue weighted by atomic mass is 16.5. The lowest BCUT2D eigenvalue weighted by atomic mass is 9.95. The molecule has 0 spiro atoms. The minimum atomic E-state index is -0.853. The number of Topliss-reactive ketones (excluding diaryl/α,β-unsaturated/α-hetero) is 1. The van der Waals surface area contributed by atoms with E-state index in [0.717, 1.165) is 21.9 Å². The van der Waals surface area contributed by atoms with Crippen LogP contribution in [-0.2, 0) is 16.2 Å². The number of benzene rings is 4. The van der Waals surface area contributed by atoms with Gasteiger partial charge in [-0.3, -0.25) is 19.5 Å². The zero-order chi connectivity index (χ0) is 27.6. The molecule has 40 heavy (non-hydrogen) atoms. The van der Waals surface area contributed by atoms with Crippen molar-refractivity contribution in [1.29, 1.82) is 0 Å². The number of carbonyl (C=O) groups is 2. The molecule has 0 saturated carbocycles. The number of hydrogen-bond donors (Lipinski definition) is 1. The number of carbonyl (C=O) groups excluding carboxylic acids is 2. The highest BCUT2D eigenvalue weighted by Gasteiger charge is 2.47. The Morgan fingerprint density at radius 2 is 1.68 bits per heavy atom. The molecule has 6 heteroatoms. The third-order valence-corrected chi connectivity index (χ3v) is 7.16. The van der Waals surface area contributed by atoms with Crippen molar-refractivity contribution in [2.24, 2.45) is 0 Å². The van der Waals surface area contributed by atoms with E-state index in [9.17, 15) is 14.7 Å². The summed E-state index contributed by atoms with van der Waals surface area (Å²) in [4.78, 5) is 32.9. The molecule has 0 bridgehead atoms. The van der Waals surface area contributed by atoms with Gasteiger partial charge in [-0.15, -0.1) is 0 Å². The number of aryl methyl sites for hydroxylation is 1. The number of aliphatic hydroxyl groups excluding tert-OH is 1. The summed E-state index contributed by atoms with van der Waals surface area (Å²) >= 11 is 0. The van der Waals surface area contributed by atoms with Crippen LogP contribution in [0.3, 0.4) is 0 Å². The van der Waals surface area contributed by atoms with Crippen LogP contribution in [0.2, 0.25) is 0 Å². The third kappa shape index (κ3) is 4.50. The van der Waals surface area contributed by atoms with Gasteiger partial charge >= 0.3 is 0 Å². The van der Waals surface area contributed by atoms with Gasteiger partial charge in [0.15, 0.2) is 0 Å². The van der Waals surface area contributed by atoms with Gasteiger partial charge in [0.25, 0.3) is 11.7 Å². The van der Waals surface area contributed by atoms with E-state index in [1.165, 1.54) is 4.90 Å². The van der Waals surface area contributed by atoms with Gasteiger partial charge in [-0.05, 0) is 59.3 Å². The van der Waals surface area contributed by atoms with Crippen LogP contribution >= 0.6 is 0 Å². The molecule has 1 saturated heterocycles. The summed E-state index contributed by atoms with van der Waals surface area (Å²) in [6.07, 6.45) is 3.25. The molecular formula is C34H26N2O4. The van der Waals surface area contributed by atoms with Crippen LogP contribution in [-0.4, -0.2) is 21.8 Å². The van der Waals surface area contributed by atoms with Crippen molar-refractivity contribution in [2.75, 3.05) is 4.90 Å². The minimum absolute atomic E-state index is 0.0169.